The first-order valence-corrected chi connectivity index (χ1v) is 13.8. The number of aliphatic hydroxyl groups is 3. The van der Waals surface area contributed by atoms with Gasteiger partial charge in [-0.2, -0.15) is 0 Å². The van der Waals surface area contributed by atoms with Gasteiger partial charge in [0.1, 0.15) is 24.1 Å². The molecule has 4 N–H and O–H groups in total. The summed E-state index contributed by atoms with van der Waals surface area (Å²) in [5.74, 6) is -0.441. The van der Waals surface area contributed by atoms with Gasteiger partial charge in [0.25, 0.3) is 0 Å². The van der Waals surface area contributed by atoms with Gasteiger partial charge in [-0.05, 0) is 18.2 Å². The van der Waals surface area contributed by atoms with E-state index in [1.807, 2.05) is 12.1 Å². The van der Waals surface area contributed by atoms with Crippen LogP contribution >= 0.6 is 11.8 Å². The summed E-state index contributed by atoms with van der Waals surface area (Å²) in [7, 11) is 0. The van der Waals surface area contributed by atoms with Crippen molar-refractivity contribution in [1.82, 2.24) is 9.80 Å². The number of benzene rings is 2. The number of carboxylic acids is 1. The number of para-hydroxylation sites is 1. The molecule has 0 bridgehead atoms. The molecule has 0 aliphatic carbocycles. The van der Waals surface area contributed by atoms with Crippen molar-refractivity contribution in [3.05, 3.63) is 54.1 Å². The second kappa shape index (κ2) is 12.7. The number of nitrogens with zero attached hydrogens (tertiary/aromatic N) is 3. The van der Waals surface area contributed by atoms with Gasteiger partial charge in [0.2, 0.25) is 0 Å². The van der Waals surface area contributed by atoms with Crippen molar-refractivity contribution in [2.45, 2.75) is 40.5 Å². The maximum Gasteiger partial charge on any atom is 0.335 e. The normalized spacial score (nSPS) is 27.3. The summed E-state index contributed by atoms with van der Waals surface area (Å²) in [5.41, 5.74) is 2.14. The largest absolute Gasteiger partial charge is 0.479 e. The molecule has 0 saturated carbocycles. The third-order valence-corrected chi connectivity index (χ3v) is 8.13. The number of rotatable bonds is 8. The molecule has 2 saturated heterocycles. The number of ether oxygens (including phenoxy) is 3. The Morgan fingerprint density at radius 2 is 1.64 bits per heavy atom. The van der Waals surface area contributed by atoms with E-state index in [-0.39, 0.29) is 13.2 Å². The third kappa shape index (κ3) is 6.44. The lowest BCUT2D eigenvalue weighted by Crippen LogP contribution is -2.60. The Morgan fingerprint density at radius 3 is 2.41 bits per heavy atom. The van der Waals surface area contributed by atoms with E-state index in [1.54, 1.807) is 11.8 Å². The van der Waals surface area contributed by atoms with Crippen LogP contribution in [0.1, 0.15) is 5.56 Å². The van der Waals surface area contributed by atoms with E-state index in [1.165, 1.54) is 4.90 Å². The van der Waals surface area contributed by atoms with Crippen molar-refractivity contribution in [1.29, 1.82) is 0 Å². The number of hydrogen-bond acceptors (Lipinski definition) is 11. The average Bonchev–Trinajstić information content (AvgIpc) is 3.11. The molecule has 2 aromatic carbocycles. The number of carbonyl (C=O) groups is 1. The van der Waals surface area contributed by atoms with Crippen LogP contribution in [-0.4, -0.2) is 125 Å². The number of hydrogen-bond donors (Lipinski definition) is 4. The number of carboxylic acid groups (broad SMARTS) is 1. The first-order chi connectivity index (χ1) is 18.9. The van der Waals surface area contributed by atoms with Gasteiger partial charge in [0, 0.05) is 48.1 Å². The minimum absolute atomic E-state index is 0.0311. The lowest BCUT2D eigenvalue weighted by molar-refractivity contribution is -0.295. The fraction of sp³-hybridized carbons (Fsp3) is 0.481. The molecule has 2 fully saturated rings. The number of fused-ring (bicyclic) bond motifs is 2. The number of aliphatic imine (C=N–C) groups is 1. The Hall–Kier alpha value is -2.55. The van der Waals surface area contributed by atoms with Gasteiger partial charge in [-0.1, -0.05) is 42.1 Å². The molecule has 3 aliphatic heterocycles. The highest BCUT2D eigenvalue weighted by Crippen LogP contribution is 2.40. The van der Waals surface area contributed by atoms with Crippen molar-refractivity contribution >= 4 is 29.3 Å². The third-order valence-electron chi connectivity index (χ3n) is 6.99. The van der Waals surface area contributed by atoms with Gasteiger partial charge in [-0.25, -0.2) is 9.79 Å². The summed E-state index contributed by atoms with van der Waals surface area (Å²) in [6.07, 6.45) is -8.05. The number of amidine groups is 1. The molecule has 5 unspecified atom stereocenters. The minimum Gasteiger partial charge on any atom is -0.479 e. The smallest absolute Gasteiger partial charge is 0.335 e. The summed E-state index contributed by atoms with van der Waals surface area (Å²) >= 11 is 1.75. The van der Waals surface area contributed by atoms with Crippen LogP contribution in [0, 0.1) is 0 Å². The molecule has 2 aromatic rings. The van der Waals surface area contributed by atoms with Gasteiger partial charge in [0.05, 0.1) is 25.5 Å². The molecule has 11 nitrogen and oxygen atoms in total. The fourth-order valence-corrected chi connectivity index (χ4v) is 5.82. The zero-order valence-electron chi connectivity index (χ0n) is 21.3. The lowest BCUT2D eigenvalue weighted by atomic mass is 9.99. The maximum absolute atomic E-state index is 11.2. The molecule has 5 rings (SSSR count). The quantitative estimate of drug-likeness (QED) is 0.341. The molecule has 0 aromatic heterocycles. The Bertz CT molecular complexity index is 1180. The summed E-state index contributed by atoms with van der Waals surface area (Å²) in [4.78, 5) is 23.3. The second-order valence-electron chi connectivity index (χ2n) is 9.55. The molecule has 0 spiro atoms. The summed E-state index contributed by atoms with van der Waals surface area (Å²) in [5, 5.41) is 38.7. The standard InChI is InChI=1S/C27H33N3O8S/c31-21-22(32)24(26(34)35)38-27(23(21)33)37-16-15-36-14-13-29-9-11-30(12-10-29)25-17-5-1-3-7-19(17)39-20-8-4-2-6-18(20)28-25/h1-8,21-24,27,31-33H,9-16H2,(H,34,35). The summed E-state index contributed by atoms with van der Waals surface area (Å²) < 4.78 is 16.1. The van der Waals surface area contributed by atoms with Crippen molar-refractivity contribution in [2.24, 2.45) is 4.99 Å². The predicted molar refractivity (Wildman–Crippen MR) is 142 cm³/mol. The highest BCUT2D eigenvalue weighted by molar-refractivity contribution is 7.99. The van der Waals surface area contributed by atoms with Crippen LogP contribution in [0.2, 0.25) is 0 Å². The van der Waals surface area contributed by atoms with Crippen LogP contribution < -0.4 is 0 Å². The molecule has 3 aliphatic rings. The van der Waals surface area contributed by atoms with Crippen molar-refractivity contribution in [2.75, 3.05) is 52.5 Å². The molecule has 0 amide bonds. The molecule has 5 atom stereocenters. The fourth-order valence-electron chi connectivity index (χ4n) is 4.80. The molecule has 12 heteroatoms. The van der Waals surface area contributed by atoms with Gasteiger partial charge >= 0.3 is 5.97 Å². The van der Waals surface area contributed by atoms with Crippen LogP contribution in [0.15, 0.2) is 63.3 Å². The first-order valence-electron chi connectivity index (χ1n) is 13.0. The Labute approximate surface area is 230 Å². The van der Waals surface area contributed by atoms with Crippen molar-refractivity contribution < 1.29 is 39.4 Å². The summed E-state index contributed by atoms with van der Waals surface area (Å²) in [6.45, 7) is 4.88. The van der Waals surface area contributed by atoms with Crippen molar-refractivity contribution in [3.8, 4) is 0 Å². The molecule has 39 heavy (non-hydrogen) atoms. The topological polar surface area (TPSA) is 145 Å². The molecular formula is C27H33N3O8S. The maximum atomic E-state index is 11.2. The Kier molecular flexibility index (Phi) is 9.15. The monoisotopic (exact) mass is 559 g/mol. The van der Waals surface area contributed by atoms with Crippen LogP contribution in [0.25, 0.3) is 0 Å². The SMILES string of the molecule is O=C(O)C1OC(OCCOCCN2CCN(C3=Nc4ccccc4Sc4ccccc43)CC2)C(O)C(O)C1O. The van der Waals surface area contributed by atoms with Gasteiger partial charge < -0.3 is 39.5 Å². The van der Waals surface area contributed by atoms with Gasteiger partial charge in [-0.3, -0.25) is 4.90 Å². The zero-order chi connectivity index (χ0) is 27.4. The van der Waals surface area contributed by atoms with E-state index in [2.05, 4.69) is 46.2 Å². The van der Waals surface area contributed by atoms with E-state index in [0.717, 1.165) is 54.7 Å². The predicted octanol–water partition coefficient (Wildman–Crippen LogP) is 0.773. The highest BCUT2D eigenvalue weighted by Gasteiger charge is 2.47. The van der Waals surface area contributed by atoms with Crippen LogP contribution in [0.4, 0.5) is 5.69 Å². The van der Waals surface area contributed by atoms with E-state index in [4.69, 9.17) is 24.3 Å². The minimum atomic E-state index is -1.74. The first kappa shape index (κ1) is 28.0. The zero-order valence-corrected chi connectivity index (χ0v) is 22.2. The second-order valence-corrected chi connectivity index (χ2v) is 10.6. The van der Waals surface area contributed by atoms with Crippen LogP contribution in [0.3, 0.4) is 0 Å². The molecule has 0 radical (unpaired) electrons. The van der Waals surface area contributed by atoms with Gasteiger partial charge in [0.15, 0.2) is 12.4 Å². The van der Waals surface area contributed by atoms with E-state index in [0.29, 0.717) is 6.61 Å². The summed E-state index contributed by atoms with van der Waals surface area (Å²) in [6, 6.07) is 16.6. The highest BCUT2D eigenvalue weighted by atomic mass is 32.2. The van der Waals surface area contributed by atoms with Gasteiger partial charge in [-0.15, -0.1) is 0 Å². The Balaban J connectivity index is 1.06. The van der Waals surface area contributed by atoms with Crippen LogP contribution in [0.5, 0.6) is 0 Å². The molecule has 3 heterocycles. The molecular weight excluding hydrogens is 526 g/mol. The lowest BCUT2D eigenvalue weighted by Gasteiger charge is -2.38. The number of aliphatic carboxylic acids is 1. The van der Waals surface area contributed by atoms with E-state index < -0.39 is 36.7 Å². The number of aliphatic hydroxyl groups excluding tert-OH is 3. The van der Waals surface area contributed by atoms with Crippen LogP contribution in [-0.2, 0) is 19.0 Å². The van der Waals surface area contributed by atoms with Crippen molar-refractivity contribution in [3.63, 3.8) is 0 Å². The van der Waals surface area contributed by atoms with E-state index >= 15 is 0 Å². The number of piperazine rings is 1. The molecule has 210 valence electrons. The Morgan fingerprint density at radius 1 is 0.923 bits per heavy atom. The average molecular weight is 560 g/mol. The van der Waals surface area contributed by atoms with E-state index in [9.17, 15) is 20.1 Å².